The molecule has 0 radical (unpaired) electrons. The molecule has 2 rings (SSSR count). The SMILES string of the molecule is Cl.N#Cc1cc(C(=N)N)ccc1OCc1ccc(F)cc1. The Labute approximate surface area is 127 Å². The zero-order valence-electron chi connectivity index (χ0n) is 11.0. The van der Waals surface area contributed by atoms with E-state index in [-0.39, 0.29) is 30.7 Å². The third-order valence-corrected chi connectivity index (χ3v) is 2.72. The number of amidine groups is 1. The lowest BCUT2D eigenvalue weighted by Crippen LogP contribution is -2.11. The van der Waals surface area contributed by atoms with E-state index in [2.05, 4.69) is 0 Å². The fourth-order valence-corrected chi connectivity index (χ4v) is 1.65. The van der Waals surface area contributed by atoms with Crippen LogP contribution in [-0.4, -0.2) is 5.84 Å². The van der Waals surface area contributed by atoms with Gasteiger partial charge in [-0.15, -0.1) is 12.4 Å². The van der Waals surface area contributed by atoms with Crippen molar-refractivity contribution in [1.29, 1.82) is 10.7 Å². The third kappa shape index (κ3) is 4.20. The van der Waals surface area contributed by atoms with E-state index in [0.717, 1.165) is 5.56 Å². The van der Waals surface area contributed by atoms with E-state index in [9.17, 15) is 4.39 Å². The topological polar surface area (TPSA) is 82.9 Å². The van der Waals surface area contributed by atoms with Crippen LogP contribution in [0.25, 0.3) is 0 Å². The highest BCUT2D eigenvalue weighted by molar-refractivity contribution is 5.95. The molecule has 4 nitrogen and oxygen atoms in total. The molecule has 108 valence electrons. The van der Waals surface area contributed by atoms with Crippen LogP contribution in [0.3, 0.4) is 0 Å². The summed E-state index contributed by atoms with van der Waals surface area (Å²) in [5.74, 6) is -0.00863. The van der Waals surface area contributed by atoms with E-state index in [0.29, 0.717) is 16.9 Å². The second kappa shape index (κ2) is 7.27. The molecule has 21 heavy (non-hydrogen) atoms. The van der Waals surface area contributed by atoms with E-state index < -0.39 is 0 Å². The molecule has 0 fully saturated rings. The summed E-state index contributed by atoms with van der Waals surface area (Å²) in [7, 11) is 0. The molecule has 2 aromatic rings. The normalized spacial score (nSPS) is 9.33. The lowest BCUT2D eigenvalue weighted by Gasteiger charge is -2.09. The summed E-state index contributed by atoms with van der Waals surface area (Å²) < 4.78 is 18.3. The monoisotopic (exact) mass is 305 g/mol. The molecule has 0 spiro atoms. The van der Waals surface area contributed by atoms with Crippen LogP contribution in [0.4, 0.5) is 4.39 Å². The van der Waals surface area contributed by atoms with E-state index in [1.165, 1.54) is 18.2 Å². The summed E-state index contributed by atoms with van der Waals surface area (Å²) in [5.41, 5.74) is 6.93. The Morgan fingerprint density at radius 2 is 1.90 bits per heavy atom. The molecule has 0 aliphatic rings. The minimum Gasteiger partial charge on any atom is -0.488 e. The first kappa shape index (κ1) is 16.5. The molecular formula is C15H13ClFN3O. The Kier molecular flexibility index (Phi) is 5.70. The Hall–Kier alpha value is -2.58. The van der Waals surface area contributed by atoms with Gasteiger partial charge < -0.3 is 10.5 Å². The minimum atomic E-state index is -0.308. The van der Waals surface area contributed by atoms with Gasteiger partial charge in [0.25, 0.3) is 0 Å². The molecule has 0 aliphatic heterocycles. The molecule has 0 bridgehead atoms. The average Bonchev–Trinajstić information content (AvgIpc) is 2.46. The summed E-state index contributed by atoms with van der Waals surface area (Å²) in [5, 5.41) is 16.4. The van der Waals surface area contributed by atoms with Crippen molar-refractivity contribution in [1.82, 2.24) is 0 Å². The number of nitrogen functional groups attached to an aromatic ring is 1. The van der Waals surface area contributed by atoms with Gasteiger partial charge in [-0.25, -0.2) is 4.39 Å². The van der Waals surface area contributed by atoms with Crippen LogP contribution < -0.4 is 10.5 Å². The number of nitrogens with two attached hydrogens (primary N) is 1. The maximum absolute atomic E-state index is 12.8. The molecule has 3 N–H and O–H groups in total. The minimum absolute atomic E-state index is 0. The standard InChI is InChI=1S/C15H12FN3O.ClH/c16-13-4-1-10(2-5-13)9-20-14-6-3-11(15(18)19)7-12(14)8-17;/h1-7H,9H2,(H3,18,19);1H. The highest BCUT2D eigenvalue weighted by Crippen LogP contribution is 2.20. The molecule has 0 unspecified atom stereocenters. The van der Waals surface area contributed by atoms with Gasteiger partial charge in [-0.1, -0.05) is 12.1 Å². The maximum atomic E-state index is 12.8. The van der Waals surface area contributed by atoms with Crippen molar-refractivity contribution in [3.63, 3.8) is 0 Å². The molecule has 0 heterocycles. The van der Waals surface area contributed by atoms with Crippen LogP contribution in [0, 0.1) is 22.6 Å². The Morgan fingerprint density at radius 3 is 2.48 bits per heavy atom. The number of ether oxygens (including phenoxy) is 1. The highest BCUT2D eigenvalue weighted by atomic mass is 35.5. The van der Waals surface area contributed by atoms with Gasteiger partial charge in [0.05, 0.1) is 5.56 Å². The van der Waals surface area contributed by atoms with Crippen LogP contribution in [0.1, 0.15) is 16.7 Å². The van der Waals surface area contributed by atoms with Crippen molar-refractivity contribution < 1.29 is 9.13 Å². The fraction of sp³-hybridized carbons (Fsp3) is 0.0667. The summed E-state index contributed by atoms with van der Waals surface area (Å²) in [6, 6.07) is 12.6. The first-order chi connectivity index (χ1) is 9.60. The van der Waals surface area contributed by atoms with Gasteiger partial charge in [-0.05, 0) is 35.9 Å². The first-order valence-corrected chi connectivity index (χ1v) is 5.86. The van der Waals surface area contributed by atoms with Crippen molar-refractivity contribution in [2.24, 2.45) is 5.73 Å². The van der Waals surface area contributed by atoms with Crippen molar-refractivity contribution in [2.45, 2.75) is 6.61 Å². The summed E-state index contributed by atoms with van der Waals surface area (Å²) in [6.45, 7) is 0.231. The van der Waals surface area contributed by atoms with Crippen LogP contribution in [0.15, 0.2) is 42.5 Å². The van der Waals surface area contributed by atoms with Crippen molar-refractivity contribution >= 4 is 18.2 Å². The summed E-state index contributed by atoms with van der Waals surface area (Å²) in [4.78, 5) is 0. The molecule has 0 saturated heterocycles. The van der Waals surface area contributed by atoms with E-state index in [1.54, 1.807) is 24.3 Å². The quantitative estimate of drug-likeness (QED) is 0.673. The number of benzene rings is 2. The smallest absolute Gasteiger partial charge is 0.137 e. The Morgan fingerprint density at radius 1 is 1.24 bits per heavy atom. The number of hydrogen-bond donors (Lipinski definition) is 2. The molecule has 2 aromatic carbocycles. The van der Waals surface area contributed by atoms with E-state index in [4.69, 9.17) is 21.1 Å². The van der Waals surface area contributed by atoms with Crippen molar-refractivity contribution in [2.75, 3.05) is 0 Å². The van der Waals surface area contributed by atoms with Gasteiger partial charge in [0.15, 0.2) is 0 Å². The van der Waals surface area contributed by atoms with Gasteiger partial charge in [-0.3, -0.25) is 5.41 Å². The van der Waals surface area contributed by atoms with Gasteiger partial charge >= 0.3 is 0 Å². The van der Waals surface area contributed by atoms with Crippen LogP contribution in [-0.2, 0) is 6.61 Å². The van der Waals surface area contributed by atoms with Crippen molar-refractivity contribution in [3.8, 4) is 11.8 Å². The van der Waals surface area contributed by atoms with Gasteiger partial charge in [0.2, 0.25) is 0 Å². The van der Waals surface area contributed by atoms with E-state index >= 15 is 0 Å². The fourth-order valence-electron chi connectivity index (χ4n) is 1.65. The number of nitriles is 1. The molecule has 0 aromatic heterocycles. The van der Waals surface area contributed by atoms with Gasteiger partial charge in [0.1, 0.15) is 30.1 Å². The van der Waals surface area contributed by atoms with Crippen LogP contribution in [0.5, 0.6) is 5.75 Å². The van der Waals surface area contributed by atoms with Gasteiger partial charge in [0, 0.05) is 5.56 Å². The lowest BCUT2D eigenvalue weighted by molar-refractivity contribution is 0.305. The van der Waals surface area contributed by atoms with Crippen molar-refractivity contribution in [3.05, 3.63) is 65.0 Å². The predicted molar refractivity (Wildman–Crippen MR) is 80.2 cm³/mol. The second-order valence-corrected chi connectivity index (χ2v) is 4.15. The van der Waals surface area contributed by atoms with Crippen LogP contribution >= 0.6 is 12.4 Å². The molecule has 6 heteroatoms. The molecule has 0 aliphatic carbocycles. The summed E-state index contributed by atoms with van der Waals surface area (Å²) in [6.07, 6.45) is 0. The zero-order valence-corrected chi connectivity index (χ0v) is 11.8. The molecule has 0 amide bonds. The number of halogens is 2. The maximum Gasteiger partial charge on any atom is 0.137 e. The highest BCUT2D eigenvalue weighted by Gasteiger charge is 2.07. The first-order valence-electron chi connectivity index (χ1n) is 5.86. The Bertz CT molecular complexity index is 680. The zero-order chi connectivity index (χ0) is 14.5. The average molecular weight is 306 g/mol. The van der Waals surface area contributed by atoms with E-state index in [1.807, 2.05) is 6.07 Å². The third-order valence-electron chi connectivity index (χ3n) is 2.72. The summed E-state index contributed by atoms with van der Waals surface area (Å²) >= 11 is 0. The number of hydrogen-bond acceptors (Lipinski definition) is 3. The number of rotatable bonds is 4. The molecular weight excluding hydrogens is 293 g/mol. The second-order valence-electron chi connectivity index (χ2n) is 4.15. The Balaban J connectivity index is 0.00000220. The largest absolute Gasteiger partial charge is 0.488 e. The number of nitrogens with zero attached hydrogens (tertiary/aromatic N) is 1. The lowest BCUT2D eigenvalue weighted by atomic mass is 10.1. The molecule has 0 saturated carbocycles. The number of nitrogens with one attached hydrogen (secondary N) is 1. The van der Waals surface area contributed by atoms with Crippen LogP contribution in [0.2, 0.25) is 0 Å². The molecule has 0 atom stereocenters. The van der Waals surface area contributed by atoms with Gasteiger partial charge in [-0.2, -0.15) is 5.26 Å². The predicted octanol–water partition coefficient (Wildman–Crippen LogP) is 2.98.